The Bertz CT molecular complexity index is 545. The van der Waals surface area contributed by atoms with Crippen LogP contribution < -0.4 is 5.32 Å². The first kappa shape index (κ1) is 16.7. The zero-order valence-corrected chi connectivity index (χ0v) is 14.0. The minimum absolute atomic E-state index is 0.175. The lowest BCUT2D eigenvalue weighted by molar-refractivity contribution is -0.394. The molecule has 1 saturated heterocycles. The normalized spacial score (nSPS) is 21.9. The Balaban J connectivity index is 2.08. The molecule has 0 unspecified atom stereocenters. The molecule has 0 bridgehead atoms. The van der Waals surface area contributed by atoms with Crippen LogP contribution in [0.3, 0.4) is 0 Å². The SMILES string of the molecule is CC1OC(C(C)(C)c2ccnc(NC(=O)OC(C)(C)C)c2)O1. The number of rotatable bonds is 3. The minimum Gasteiger partial charge on any atom is -0.444 e. The molecule has 1 fully saturated rings. The molecule has 1 aliphatic rings. The summed E-state index contributed by atoms with van der Waals surface area (Å²) >= 11 is 0. The summed E-state index contributed by atoms with van der Waals surface area (Å²) in [7, 11) is 0. The van der Waals surface area contributed by atoms with Crippen LogP contribution >= 0.6 is 0 Å². The first-order valence-electron chi connectivity index (χ1n) is 7.35. The average molecular weight is 308 g/mol. The summed E-state index contributed by atoms with van der Waals surface area (Å²) in [5.41, 5.74) is 0.0651. The number of hydrogen-bond donors (Lipinski definition) is 1. The van der Waals surface area contributed by atoms with E-state index in [0.29, 0.717) is 5.82 Å². The second kappa shape index (κ2) is 5.85. The number of anilines is 1. The molecule has 22 heavy (non-hydrogen) atoms. The molecule has 0 radical (unpaired) electrons. The van der Waals surface area contributed by atoms with Crippen molar-refractivity contribution in [3.05, 3.63) is 23.9 Å². The van der Waals surface area contributed by atoms with Gasteiger partial charge in [0.25, 0.3) is 0 Å². The topological polar surface area (TPSA) is 69.7 Å². The number of nitrogens with zero attached hydrogens (tertiary/aromatic N) is 1. The molecule has 0 saturated carbocycles. The molecular weight excluding hydrogens is 284 g/mol. The van der Waals surface area contributed by atoms with Crippen molar-refractivity contribution in [3.8, 4) is 0 Å². The predicted molar refractivity (Wildman–Crippen MR) is 82.5 cm³/mol. The fourth-order valence-electron chi connectivity index (χ4n) is 2.14. The Morgan fingerprint density at radius 2 is 1.91 bits per heavy atom. The molecule has 0 atom stereocenters. The predicted octanol–water partition coefficient (Wildman–Crippen LogP) is 3.43. The highest BCUT2D eigenvalue weighted by Crippen LogP contribution is 2.36. The van der Waals surface area contributed by atoms with Crippen molar-refractivity contribution in [1.29, 1.82) is 0 Å². The van der Waals surface area contributed by atoms with Crippen LogP contribution in [0.15, 0.2) is 18.3 Å². The van der Waals surface area contributed by atoms with Crippen LogP contribution in [0.2, 0.25) is 0 Å². The molecular formula is C16H24N2O4. The standard InChI is InChI=1S/C16H24N2O4/c1-10-20-13(21-10)16(5,6)11-7-8-17-12(9-11)18-14(19)22-15(2,3)4/h7-10,13H,1-6H3,(H,17,18,19). The third-order valence-corrected chi connectivity index (χ3v) is 3.35. The molecule has 0 aliphatic carbocycles. The van der Waals surface area contributed by atoms with Crippen molar-refractivity contribution in [2.24, 2.45) is 0 Å². The lowest BCUT2D eigenvalue weighted by Crippen LogP contribution is -2.50. The Hall–Kier alpha value is -1.66. The third kappa shape index (κ3) is 3.96. The number of hydrogen-bond acceptors (Lipinski definition) is 5. The van der Waals surface area contributed by atoms with Crippen LogP contribution in [-0.2, 0) is 19.6 Å². The first-order valence-corrected chi connectivity index (χ1v) is 7.35. The van der Waals surface area contributed by atoms with E-state index in [1.165, 1.54) is 0 Å². The molecule has 0 spiro atoms. The summed E-state index contributed by atoms with van der Waals surface area (Å²) in [5.74, 6) is 0.437. The van der Waals surface area contributed by atoms with Gasteiger partial charge in [-0.05, 0) is 45.4 Å². The highest BCUT2D eigenvalue weighted by atomic mass is 16.9. The number of amides is 1. The molecule has 6 nitrogen and oxygen atoms in total. The molecule has 2 rings (SSSR count). The van der Waals surface area contributed by atoms with Crippen molar-refractivity contribution >= 4 is 11.9 Å². The van der Waals surface area contributed by atoms with E-state index in [-0.39, 0.29) is 18.0 Å². The zero-order valence-electron chi connectivity index (χ0n) is 14.0. The molecule has 122 valence electrons. The fourth-order valence-corrected chi connectivity index (χ4v) is 2.14. The van der Waals surface area contributed by atoms with Gasteiger partial charge in [0.05, 0.1) is 0 Å². The van der Waals surface area contributed by atoms with Gasteiger partial charge in [-0.25, -0.2) is 9.78 Å². The van der Waals surface area contributed by atoms with Gasteiger partial charge in [0.1, 0.15) is 11.4 Å². The summed E-state index contributed by atoms with van der Waals surface area (Å²) in [6.07, 6.45) is 0.635. The molecule has 1 aromatic heterocycles. The summed E-state index contributed by atoms with van der Waals surface area (Å²) in [6, 6.07) is 3.69. The molecule has 1 aliphatic heterocycles. The van der Waals surface area contributed by atoms with Crippen LogP contribution in [0.4, 0.5) is 10.6 Å². The van der Waals surface area contributed by atoms with Gasteiger partial charge >= 0.3 is 6.09 Å². The van der Waals surface area contributed by atoms with Gasteiger partial charge in [-0.15, -0.1) is 0 Å². The quantitative estimate of drug-likeness (QED) is 0.926. The third-order valence-electron chi connectivity index (χ3n) is 3.35. The van der Waals surface area contributed by atoms with E-state index >= 15 is 0 Å². The Morgan fingerprint density at radius 1 is 1.27 bits per heavy atom. The van der Waals surface area contributed by atoms with E-state index in [0.717, 1.165) is 5.56 Å². The van der Waals surface area contributed by atoms with Crippen LogP contribution in [0, 0.1) is 0 Å². The van der Waals surface area contributed by atoms with E-state index in [4.69, 9.17) is 14.2 Å². The van der Waals surface area contributed by atoms with Gasteiger partial charge in [-0.3, -0.25) is 5.32 Å². The van der Waals surface area contributed by atoms with Gasteiger partial charge in [0.15, 0.2) is 12.6 Å². The lowest BCUT2D eigenvalue weighted by Gasteiger charge is -2.44. The Kier molecular flexibility index (Phi) is 4.44. The van der Waals surface area contributed by atoms with Gasteiger partial charge < -0.3 is 14.2 Å². The Morgan fingerprint density at radius 3 is 2.45 bits per heavy atom. The molecule has 1 N–H and O–H groups in total. The zero-order chi connectivity index (χ0) is 16.5. The van der Waals surface area contributed by atoms with E-state index < -0.39 is 11.7 Å². The largest absolute Gasteiger partial charge is 0.444 e. The van der Waals surface area contributed by atoms with E-state index in [1.54, 1.807) is 12.3 Å². The van der Waals surface area contributed by atoms with E-state index in [9.17, 15) is 4.79 Å². The van der Waals surface area contributed by atoms with Crippen molar-refractivity contribution in [2.45, 2.75) is 65.1 Å². The maximum atomic E-state index is 11.8. The summed E-state index contributed by atoms with van der Waals surface area (Å²) < 4.78 is 16.4. The number of pyridine rings is 1. The minimum atomic E-state index is -0.551. The summed E-state index contributed by atoms with van der Waals surface area (Å²) in [6.45, 7) is 11.3. The van der Waals surface area contributed by atoms with E-state index in [2.05, 4.69) is 10.3 Å². The monoisotopic (exact) mass is 308 g/mol. The molecule has 2 heterocycles. The van der Waals surface area contributed by atoms with Crippen molar-refractivity contribution in [1.82, 2.24) is 4.98 Å². The van der Waals surface area contributed by atoms with Crippen molar-refractivity contribution in [2.75, 3.05) is 5.32 Å². The maximum Gasteiger partial charge on any atom is 0.413 e. The summed E-state index contributed by atoms with van der Waals surface area (Å²) in [4.78, 5) is 16.0. The number of carbonyl (C=O) groups is 1. The van der Waals surface area contributed by atoms with Gasteiger partial charge in [-0.2, -0.15) is 0 Å². The number of ether oxygens (including phenoxy) is 3. The summed E-state index contributed by atoms with van der Waals surface area (Å²) in [5, 5.41) is 2.64. The molecule has 6 heteroatoms. The number of carbonyl (C=O) groups excluding carboxylic acids is 1. The van der Waals surface area contributed by atoms with Crippen molar-refractivity contribution in [3.63, 3.8) is 0 Å². The van der Waals surface area contributed by atoms with E-state index in [1.807, 2.05) is 47.6 Å². The molecule has 1 amide bonds. The smallest absolute Gasteiger partial charge is 0.413 e. The lowest BCUT2D eigenvalue weighted by atomic mass is 9.83. The fraction of sp³-hybridized carbons (Fsp3) is 0.625. The van der Waals surface area contributed by atoms with Gasteiger partial charge in [0.2, 0.25) is 0 Å². The van der Waals surface area contributed by atoms with Gasteiger partial charge in [0, 0.05) is 11.6 Å². The average Bonchev–Trinajstić information content (AvgIpc) is 2.32. The second-order valence-electron chi connectivity index (χ2n) is 6.95. The van der Waals surface area contributed by atoms with Crippen molar-refractivity contribution < 1.29 is 19.0 Å². The highest BCUT2D eigenvalue weighted by molar-refractivity contribution is 5.83. The van der Waals surface area contributed by atoms with Crippen LogP contribution in [0.25, 0.3) is 0 Å². The Labute approximate surface area is 131 Å². The highest BCUT2D eigenvalue weighted by Gasteiger charge is 2.41. The van der Waals surface area contributed by atoms with Crippen LogP contribution in [-0.4, -0.2) is 29.3 Å². The number of aromatic nitrogens is 1. The molecule has 1 aromatic rings. The van der Waals surface area contributed by atoms with Gasteiger partial charge in [-0.1, -0.05) is 13.8 Å². The molecule has 0 aromatic carbocycles. The first-order chi connectivity index (χ1) is 10.1. The maximum absolute atomic E-state index is 11.8. The van der Waals surface area contributed by atoms with Crippen LogP contribution in [0.1, 0.15) is 47.1 Å². The number of nitrogens with one attached hydrogen (secondary N) is 1. The van der Waals surface area contributed by atoms with Crippen LogP contribution in [0.5, 0.6) is 0 Å². The second-order valence-corrected chi connectivity index (χ2v) is 6.95.